The van der Waals surface area contributed by atoms with E-state index in [1.807, 2.05) is 43.3 Å². The smallest absolute Gasteiger partial charge is 0.301 e. The number of amides is 1. The SMILES string of the molecule is COc1ccc(C(O)=C2C(=O)C(=O)N(c3nc4ccc(OC)cc4s3)[C@H]2c2ccc(C)cc2)cc1. The zero-order valence-corrected chi connectivity index (χ0v) is 20.1. The minimum absolute atomic E-state index is 0.0147. The van der Waals surface area contributed by atoms with Crippen LogP contribution in [0.5, 0.6) is 11.5 Å². The molecule has 2 heterocycles. The summed E-state index contributed by atoms with van der Waals surface area (Å²) in [7, 11) is 3.13. The van der Waals surface area contributed by atoms with Gasteiger partial charge in [-0.2, -0.15) is 0 Å². The molecule has 1 amide bonds. The van der Waals surface area contributed by atoms with Gasteiger partial charge >= 0.3 is 5.91 Å². The van der Waals surface area contributed by atoms with Crippen LogP contribution in [0.25, 0.3) is 16.0 Å². The number of benzene rings is 3. The van der Waals surface area contributed by atoms with E-state index in [-0.39, 0.29) is 11.3 Å². The highest BCUT2D eigenvalue weighted by Crippen LogP contribution is 2.44. The van der Waals surface area contributed by atoms with Crippen molar-refractivity contribution in [2.45, 2.75) is 13.0 Å². The van der Waals surface area contributed by atoms with Gasteiger partial charge in [-0.1, -0.05) is 41.2 Å². The highest BCUT2D eigenvalue weighted by Gasteiger charge is 2.48. The van der Waals surface area contributed by atoms with Gasteiger partial charge in [-0.15, -0.1) is 0 Å². The molecule has 0 radical (unpaired) electrons. The number of carbonyl (C=O) groups is 2. The third-order valence-electron chi connectivity index (χ3n) is 5.99. The maximum Gasteiger partial charge on any atom is 0.301 e. The molecule has 176 valence electrons. The summed E-state index contributed by atoms with van der Waals surface area (Å²) in [4.78, 5) is 32.7. The minimum atomic E-state index is -0.833. The molecule has 1 aromatic heterocycles. The van der Waals surface area contributed by atoms with Gasteiger partial charge in [0.1, 0.15) is 17.3 Å². The predicted octanol–water partition coefficient (Wildman–Crippen LogP) is 5.25. The lowest BCUT2D eigenvalue weighted by Gasteiger charge is -2.23. The fourth-order valence-corrected chi connectivity index (χ4v) is 5.14. The van der Waals surface area contributed by atoms with Gasteiger partial charge in [0.25, 0.3) is 5.78 Å². The van der Waals surface area contributed by atoms with Crippen LogP contribution in [0.4, 0.5) is 5.13 Å². The molecule has 0 saturated carbocycles. The van der Waals surface area contributed by atoms with Gasteiger partial charge < -0.3 is 14.6 Å². The topological polar surface area (TPSA) is 89.0 Å². The number of aliphatic hydroxyl groups is 1. The molecule has 1 N–H and O–H groups in total. The van der Waals surface area contributed by atoms with Gasteiger partial charge in [-0.25, -0.2) is 4.98 Å². The van der Waals surface area contributed by atoms with Crippen molar-refractivity contribution in [3.8, 4) is 11.5 Å². The average molecular weight is 487 g/mol. The minimum Gasteiger partial charge on any atom is -0.507 e. The van der Waals surface area contributed by atoms with E-state index in [0.717, 1.165) is 10.3 Å². The Kier molecular flexibility index (Phi) is 5.74. The Balaban J connectivity index is 1.69. The first-order valence-corrected chi connectivity index (χ1v) is 11.7. The molecule has 0 spiro atoms. The molecular formula is C27H22N2O5S. The summed E-state index contributed by atoms with van der Waals surface area (Å²) in [6.45, 7) is 1.96. The van der Waals surface area contributed by atoms with Gasteiger partial charge in [0.15, 0.2) is 5.13 Å². The predicted molar refractivity (Wildman–Crippen MR) is 135 cm³/mol. The molecule has 3 aromatic carbocycles. The number of Topliss-reactive ketones (excluding diaryl/α,β-unsaturated/α-hetero) is 1. The van der Waals surface area contributed by atoms with Crippen molar-refractivity contribution in [1.29, 1.82) is 0 Å². The summed E-state index contributed by atoms with van der Waals surface area (Å²) in [5.74, 6) is -0.467. The molecule has 7 nitrogen and oxygen atoms in total. The van der Waals surface area contributed by atoms with Crippen LogP contribution in [0.15, 0.2) is 72.3 Å². The number of fused-ring (bicyclic) bond motifs is 1. The molecule has 1 atom stereocenters. The number of methoxy groups -OCH3 is 2. The summed E-state index contributed by atoms with van der Waals surface area (Å²) in [5.41, 5.74) is 2.84. The maximum absolute atomic E-state index is 13.4. The first-order valence-electron chi connectivity index (χ1n) is 10.9. The van der Waals surface area contributed by atoms with Crippen LogP contribution >= 0.6 is 11.3 Å². The third kappa shape index (κ3) is 3.91. The van der Waals surface area contributed by atoms with E-state index in [0.29, 0.717) is 33.3 Å². The van der Waals surface area contributed by atoms with Gasteiger partial charge in [-0.05, 0) is 55.0 Å². The maximum atomic E-state index is 13.4. The number of nitrogens with zero attached hydrogens (tertiary/aromatic N) is 2. The number of ether oxygens (including phenoxy) is 2. The summed E-state index contributed by atoms with van der Waals surface area (Å²) >= 11 is 1.29. The van der Waals surface area contributed by atoms with Crippen molar-refractivity contribution in [1.82, 2.24) is 4.98 Å². The van der Waals surface area contributed by atoms with Crippen molar-refractivity contribution >= 4 is 44.1 Å². The normalized spacial score (nSPS) is 17.2. The van der Waals surface area contributed by atoms with E-state index in [1.165, 1.54) is 16.2 Å². The zero-order chi connectivity index (χ0) is 24.7. The monoisotopic (exact) mass is 486 g/mol. The molecule has 1 fully saturated rings. The highest BCUT2D eigenvalue weighted by molar-refractivity contribution is 7.22. The molecule has 0 unspecified atom stereocenters. The Hall–Kier alpha value is -4.17. The number of ketones is 1. The molecule has 0 bridgehead atoms. The van der Waals surface area contributed by atoms with Crippen LogP contribution < -0.4 is 14.4 Å². The number of carbonyl (C=O) groups excluding carboxylic acids is 2. The summed E-state index contributed by atoms with van der Waals surface area (Å²) < 4.78 is 11.3. The number of aliphatic hydroxyl groups excluding tert-OH is 1. The first-order chi connectivity index (χ1) is 16.9. The molecule has 1 saturated heterocycles. The van der Waals surface area contributed by atoms with Crippen LogP contribution in [0.3, 0.4) is 0 Å². The number of anilines is 1. The van der Waals surface area contributed by atoms with Crippen molar-refractivity contribution in [2.24, 2.45) is 0 Å². The molecule has 35 heavy (non-hydrogen) atoms. The number of aromatic nitrogens is 1. The number of aryl methyl sites for hydroxylation is 1. The van der Waals surface area contributed by atoms with Gasteiger partial charge in [0, 0.05) is 5.56 Å². The van der Waals surface area contributed by atoms with E-state index in [4.69, 9.17) is 9.47 Å². The average Bonchev–Trinajstić information content (AvgIpc) is 3.41. The fourth-order valence-electron chi connectivity index (χ4n) is 4.12. The number of thiazole rings is 1. The lowest BCUT2D eigenvalue weighted by atomic mass is 9.95. The number of rotatable bonds is 5. The Labute approximate surface area is 205 Å². The van der Waals surface area contributed by atoms with E-state index in [1.54, 1.807) is 44.6 Å². The van der Waals surface area contributed by atoms with Crippen LogP contribution in [-0.2, 0) is 9.59 Å². The fraction of sp³-hybridized carbons (Fsp3) is 0.148. The van der Waals surface area contributed by atoms with Crippen LogP contribution in [0.2, 0.25) is 0 Å². The first kappa shape index (κ1) is 22.6. The molecule has 1 aliphatic heterocycles. The Morgan fingerprint density at radius 2 is 1.60 bits per heavy atom. The van der Waals surface area contributed by atoms with E-state index >= 15 is 0 Å². The molecule has 8 heteroatoms. The highest BCUT2D eigenvalue weighted by atomic mass is 32.1. The van der Waals surface area contributed by atoms with E-state index in [2.05, 4.69) is 4.98 Å². The second-order valence-corrected chi connectivity index (χ2v) is 9.15. The lowest BCUT2D eigenvalue weighted by Crippen LogP contribution is -2.29. The molecule has 5 rings (SSSR count). The van der Waals surface area contributed by atoms with Crippen molar-refractivity contribution in [3.05, 3.63) is 89.0 Å². The van der Waals surface area contributed by atoms with Gasteiger partial charge in [0.05, 0.1) is 36.1 Å². The van der Waals surface area contributed by atoms with Crippen molar-refractivity contribution < 1.29 is 24.2 Å². The number of hydrogen-bond donors (Lipinski definition) is 1. The Morgan fingerprint density at radius 3 is 2.26 bits per heavy atom. The largest absolute Gasteiger partial charge is 0.507 e. The van der Waals surface area contributed by atoms with E-state index < -0.39 is 17.7 Å². The van der Waals surface area contributed by atoms with Crippen LogP contribution in [0, 0.1) is 6.92 Å². The molecule has 0 aliphatic carbocycles. The quantitative estimate of drug-likeness (QED) is 0.236. The Bertz CT molecular complexity index is 1470. The molecule has 4 aromatic rings. The van der Waals surface area contributed by atoms with E-state index in [9.17, 15) is 14.7 Å². The van der Waals surface area contributed by atoms with Crippen molar-refractivity contribution in [2.75, 3.05) is 19.1 Å². The lowest BCUT2D eigenvalue weighted by molar-refractivity contribution is -0.132. The zero-order valence-electron chi connectivity index (χ0n) is 19.3. The van der Waals surface area contributed by atoms with Gasteiger partial charge in [-0.3, -0.25) is 14.5 Å². The second kappa shape index (κ2) is 8.88. The molecular weight excluding hydrogens is 464 g/mol. The van der Waals surface area contributed by atoms with Crippen LogP contribution in [-0.4, -0.2) is 36.0 Å². The van der Waals surface area contributed by atoms with Crippen LogP contribution in [0.1, 0.15) is 22.7 Å². The summed E-state index contributed by atoms with van der Waals surface area (Å²) in [6, 6.07) is 18.8. The number of hydrogen-bond acceptors (Lipinski definition) is 7. The van der Waals surface area contributed by atoms with Gasteiger partial charge in [0.2, 0.25) is 0 Å². The summed E-state index contributed by atoms with van der Waals surface area (Å²) in [6.07, 6.45) is 0. The summed E-state index contributed by atoms with van der Waals surface area (Å²) in [5, 5.41) is 11.6. The second-order valence-electron chi connectivity index (χ2n) is 8.14. The standard InChI is InChI=1S/C27H22N2O5S/c1-15-4-6-16(7-5-15)23-22(24(30)17-8-10-18(33-2)11-9-17)25(31)26(32)29(23)27-28-20-13-12-19(34-3)14-21(20)35-27/h4-14,23,30H,1-3H3/t23-/m0/s1. The third-order valence-corrected chi connectivity index (χ3v) is 7.01. The molecule has 1 aliphatic rings. The Morgan fingerprint density at radius 1 is 0.943 bits per heavy atom. The van der Waals surface area contributed by atoms with Crippen molar-refractivity contribution in [3.63, 3.8) is 0 Å².